The average molecular weight is 346 g/mol. The molecule has 1 saturated heterocycles. The summed E-state index contributed by atoms with van der Waals surface area (Å²) >= 11 is 0. The lowest BCUT2D eigenvalue weighted by molar-refractivity contribution is 0.206. The number of hydrogen-bond acceptors (Lipinski definition) is 5. The number of rotatable bonds is 6. The molecule has 1 aromatic heterocycles. The molecule has 1 amide bonds. The number of para-hydroxylation sites is 1. The van der Waals surface area contributed by atoms with Gasteiger partial charge in [0.2, 0.25) is 0 Å². The van der Waals surface area contributed by atoms with Gasteiger partial charge in [-0.25, -0.2) is 9.78 Å². The van der Waals surface area contributed by atoms with Crippen LogP contribution in [0.4, 0.5) is 4.79 Å². The molecule has 7 heteroatoms. The monoisotopic (exact) mass is 346 g/mol. The number of carbonyl (C=O) groups is 1. The molecule has 1 aliphatic heterocycles. The van der Waals surface area contributed by atoms with Crippen molar-refractivity contribution in [1.82, 2.24) is 14.5 Å². The Morgan fingerprint density at radius 3 is 2.76 bits per heavy atom. The van der Waals surface area contributed by atoms with E-state index in [4.69, 9.17) is 15.5 Å². The van der Waals surface area contributed by atoms with Crippen molar-refractivity contribution in [2.45, 2.75) is 38.6 Å². The SMILES string of the molecule is CCCN1CCC(c2nc3c(OC(N)=O)cccc3n2CCO)CC1. The van der Waals surface area contributed by atoms with Gasteiger partial charge in [0.15, 0.2) is 5.75 Å². The molecule has 0 aliphatic carbocycles. The third-order valence-corrected chi connectivity index (χ3v) is 4.80. The lowest BCUT2D eigenvalue weighted by Gasteiger charge is -2.31. The van der Waals surface area contributed by atoms with E-state index in [0.717, 1.165) is 43.8 Å². The van der Waals surface area contributed by atoms with Crippen molar-refractivity contribution in [3.8, 4) is 5.75 Å². The fourth-order valence-corrected chi connectivity index (χ4v) is 3.71. The number of aromatic nitrogens is 2. The number of piperidine rings is 1. The van der Waals surface area contributed by atoms with E-state index in [1.165, 1.54) is 6.42 Å². The van der Waals surface area contributed by atoms with Gasteiger partial charge >= 0.3 is 6.09 Å². The van der Waals surface area contributed by atoms with Crippen LogP contribution in [0.5, 0.6) is 5.75 Å². The molecule has 0 saturated carbocycles. The van der Waals surface area contributed by atoms with Crippen molar-refractivity contribution in [3.63, 3.8) is 0 Å². The number of hydrogen-bond donors (Lipinski definition) is 2. The van der Waals surface area contributed by atoms with Crippen LogP contribution in [-0.2, 0) is 6.54 Å². The summed E-state index contributed by atoms with van der Waals surface area (Å²) in [5, 5.41) is 9.48. The number of fused-ring (bicyclic) bond motifs is 1. The van der Waals surface area contributed by atoms with Gasteiger partial charge in [-0.05, 0) is 51.0 Å². The fraction of sp³-hybridized carbons (Fsp3) is 0.556. The second kappa shape index (κ2) is 7.84. The number of primary amides is 1. The average Bonchev–Trinajstić information content (AvgIpc) is 2.96. The Bertz CT molecular complexity index is 735. The molecule has 1 fully saturated rings. The molecule has 7 nitrogen and oxygen atoms in total. The van der Waals surface area contributed by atoms with Crippen LogP contribution in [0.15, 0.2) is 18.2 Å². The number of ether oxygens (including phenoxy) is 1. The minimum absolute atomic E-state index is 0.0358. The van der Waals surface area contributed by atoms with Gasteiger partial charge in [-0.2, -0.15) is 0 Å². The molecule has 2 aromatic rings. The van der Waals surface area contributed by atoms with Gasteiger partial charge < -0.3 is 25.0 Å². The summed E-state index contributed by atoms with van der Waals surface area (Å²) in [6.07, 6.45) is 2.40. The predicted octanol–water partition coefficient (Wildman–Crippen LogP) is 2.08. The minimum atomic E-state index is -0.848. The molecule has 0 atom stereocenters. The Hall–Kier alpha value is -2.12. The van der Waals surface area contributed by atoms with E-state index >= 15 is 0 Å². The van der Waals surface area contributed by atoms with Gasteiger partial charge in [-0.1, -0.05) is 13.0 Å². The van der Waals surface area contributed by atoms with Crippen LogP contribution >= 0.6 is 0 Å². The second-order valence-corrected chi connectivity index (χ2v) is 6.51. The molecule has 2 heterocycles. The lowest BCUT2D eigenvalue weighted by Crippen LogP contribution is -2.34. The zero-order chi connectivity index (χ0) is 17.8. The van der Waals surface area contributed by atoms with Crippen LogP contribution in [0.25, 0.3) is 11.0 Å². The number of nitrogens with two attached hydrogens (primary N) is 1. The van der Waals surface area contributed by atoms with E-state index < -0.39 is 6.09 Å². The standard InChI is InChI=1S/C18H26N4O3/c1-2-8-21-9-6-13(7-10-21)17-20-16-14(22(17)11-12-23)4-3-5-15(16)25-18(19)24/h3-5,13,23H,2,6-12H2,1H3,(H2,19,24). The Kier molecular flexibility index (Phi) is 5.55. The molecular weight excluding hydrogens is 320 g/mol. The summed E-state index contributed by atoms with van der Waals surface area (Å²) in [5.41, 5.74) is 6.65. The van der Waals surface area contributed by atoms with E-state index in [9.17, 15) is 9.90 Å². The zero-order valence-electron chi connectivity index (χ0n) is 14.6. The van der Waals surface area contributed by atoms with E-state index in [0.29, 0.717) is 23.7 Å². The van der Waals surface area contributed by atoms with Gasteiger partial charge in [0.05, 0.1) is 12.1 Å². The van der Waals surface area contributed by atoms with Gasteiger partial charge in [0, 0.05) is 12.5 Å². The van der Waals surface area contributed by atoms with E-state index in [-0.39, 0.29) is 6.61 Å². The zero-order valence-corrected chi connectivity index (χ0v) is 14.6. The fourth-order valence-electron chi connectivity index (χ4n) is 3.71. The van der Waals surface area contributed by atoms with Gasteiger partial charge in [-0.15, -0.1) is 0 Å². The maximum Gasteiger partial charge on any atom is 0.410 e. The first-order chi connectivity index (χ1) is 12.1. The third-order valence-electron chi connectivity index (χ3n) is 4.80. The maximum atomic E-state index is 11.1. The van der Waals surface area contributed by atoms with Crippen molar-refractivity contribution in [1.29, 1.82) is 0 Å². The Morgan fingerprint density at radius 2 is 2.12 bits per heavy atom. The Balaban J connectivity index is 1.94. The third kappa shape index (κ3) is 3.77. The first-order valence-corrected chi connectivity index (χ1v) is 8.93. The van der Waals surface area contributed by atoms with E-state index in [1.54, 1.807) is 6.07 Å². The Labute approximate surface area is 147 Å². The van der Waals surface area contributed by atoms with Crippen molar-refractivity contribution < 1.29 is 14.6 Å². The number of likely N-dealkylation sites (tertiary alicyclic amines) is 1. The normalized spacial score (nSPS) is 16.4. The molecule has 1 aromatic carbocycles. The van der Waals surface area contributed by atoms with Gasteiger partial charge in [0.1, 0.15) is 11.3 Å². The van der Waals surface area contributed by atoms with Gasteiger partial charge in [-0.3, -0.25) is 0 Å². The maximum absolute atomic E-state index is 11.1. The number of aliphatic hydroxyl groups excluding tert-OH is 1. The molecule has 0 radical (unpaired) electrons. The highest BCUT2D eigenvalue weighted by molar-refractivity contribution is 5.85. The van der Waals surface area contributed by atoms with E-state index in [1.807, 2.05) is 16.7 Å². The summed E-state index contributed by atoms with van der Waals surface area (Å²) < 4.78 is 7.15. The minimum Gasteiger partial charge on any atom is -0.408 e. The first kappa shape index (κ1) is 17.7. The largest absolute Gasteiger partial charge is 0.410 e. The topological polar surface area (TPSA) is 93.6 Å². The summed E-state index contributed by atoms with van der Waals surface area (Å²) in [7, 11) is 0. The van der Waals surface area contributed by atoms with E-state index in [2.05, 4.69) is 11.8 Å². The number of benzene rings is 1. The van der Waals surface area contributed by atoms with Crippen molar-refractivity contribution in [2.24, 2.45) is 5.73 Å². The number of nitrogens with zero attached hydrogens (tertiary/aromatic N) is 3. The van der Waals surface area contributed by atoms with Crippen molar-refractivity contribution in [3.05, 3.63) is 24.0 Å². The van der Waals surface area contributed by atoms with Crippen LogP contribution in [-0.4, -0.2) is 51.9 Å². The highest BCUT2D eigenvalue weighted by atomic mass is 16.5. The van der Waals surface area contributed by atoms with Crippen LogP contribution in [0, 0.1) is 0 Å². The lowest BCUT2D eigenvalue weighted by atomic mass is 9.96. The predicted molar refractivity (Wildman–Crippen MR) is 95.7 cm³/mol. The van der Waals surface area contributed by atoms with Crippen LogP contribution in [0.3, 0.4) is 0 Å². The number of aliphatic hydroxyl groups is 1. The smallest absolute Gasteiger partial charge is 0.408 e. The molecule has 3 rings (SSSR count). The summed E-state index contributed by atoms with van der Waals surface area (Å²) in [5.74, 6) is 1.67. The molecule has 0 unspecified atom stereocenters. The molecule has 3 N–H and O–H groups in total. The molecule has 0 bridgehead atoms. The molecule has 25 heavy (non-hydrogen) atoms. The summed E-state index contributed by atoms with van der Waals surface area (Å²) in [6, 6.07) is 5.43. The van der Waals surface area contributed by atoms with Crippen LogP contribution in [0.1, 0.15) is 37.9 Å². The van der Waals surface area contributed by atoms with Crippen LogP contribution < -0.4 is 10.5 Å². The number of carbonyl (C=O) groups excluding carboxylic acids is 1. The quantitative estimate of drug-likeness (QED) is 0.835. The second-order valence-electron chi connectivity index (χ2n) is 6.51. The summed E-state index contributed by atoms with van der Waals surface area (Å²) in [6.45, 7) is 5.97. The first-order valence-electron chi connectivity index (χ1n) is 8.93. The van der Waals surface area contributed by atoms with Crippen molar-refractivity contribution >= 4 is 17.1 Å². The Morgan fingerprint density at radius 1 is 1.36 bits per heavy atom. The molecule has 136 valence electrons. The highest BCUT2D eigenvalue weighted by Gasteiger charge is 2.26. The number of imidazole rings is 1. The van der Waals surface area contributed by atoms with Crippen molar-refractivity contribution in [2.75, 3.05) is 26.2 Å². The highest BCUT2D eigenvalue weighted by Crippen LogP contribution is 2.33. The van der Waals surface area contributed by atoms with Crippen LogP contribution in [0.2, 0.25) is 0 Å². The molecular formula is C18H26N4O3. The summed E-state index contributed by atoms with van der Waals surface area (Å²) in [4.78, 5) is 18.4. The molecule has 1 aliphatic rings. The van der Waals surface area contributed by atoms with Gasteiger partial charge in [0.25, 0.3) is 0 Å². The number of amides is 1. The molecule has 0 spiro atoms.